The Morgan fingerprint density at radius 1 is 1.19 bits per heavy atom. The van der Waals surface area contributed by atoms with Crippen LogP contribution in [0, 0.1) is 5.92 Å². The minimum atomic E-state index is 0.0477. The van der Waals surface area contributed by atoms with Crippen LogP contribution in [0.1, 0.15) is 37.6 Å². The Labute approximate surface area is 188 Å². The summed E-state index contributed by atoms with van der Waals surface area (Å²) >= 11 is 1.63. The summed E-state index contributed by atoms with van der Waals surface area (Å²) in [6, 6.07) is 9.97. The van der Waals surface area contributed by atoms with Crippen molar-refractivity contribution >= 4 is 28.7 Å². The van der Waals surface area contributed by atoms with Crippen molar-refractivity contribution in [1.82, 2.24) is 15.3 Å². The van der Waals surface area contributed by atoms with Crippen LogP contribution in [0.5, 0.6) is 0 Å². The fourth-order valence-electron chi connectivity index (χ4n) is 3.21. The van der Waals surface area contributed by atoms with E-state index in [0.29, 0.717) is 25.3 Å². The summed E-state index contributed by atoms with van der Waals surface area (Å²) in [6.45, 7) is 10.9. The molecule has 0 aliphatic carbocycles. The Morgan fingerprint density at radius 3 is 2.58 bits per heavy atom. The number of amides is 1. The molecule has 0 aliphatic heterocycles. The summed E-state index contributed by atoms with van der Waals surface area (Å²) in [5.74, 6) is 2.02. The largest absolute Gasteiger partial charge is 0.356 e. The maximum Gasteiger partial charge on any atom is 0.224 e. The van der Waals surface area contributed by atoms with Gasteiger partial charge in [-0.3, -0.25) is 4.79 Å². The fourth-order valence-corrected chi connectivity index (χ4v) is 3.85. The van der Waals surface area contributed by atoms with E-state index in [1.165, 1.54) is 0 Å². The second kappa shape index (κ2) is 10.9. The molecule has 0 atom stereocenters. The Bertz CT molecular complexity index is 1010. The second-order valence-corrected chi connectivity index (χ2v) is 8.66. The van der Waals surface area contributed by atoms with Gasteiger partial charge in [0, 0.05) is 34.4 Å². The second-order valence-electron chi connectivity index (χ2n) is 7.88. The smallest absolute Gasteiger partial charge is 0.224 e. The van der Waals surface area contributed by atoms with Crippen LogP contribution in [0.2, 0.25) is 0 Å². The van der Waals surface area contributed by atoms with Gasteiger partial charge < -0.3 is 10.6 Å². The Morgan fingerprint density at radius 2 is 1.97 bits per heavy atom. The number of carbonyl (C=O) groups excluding carboxylic acids is 1. The summed E-state index contributed by atoms with van der Waals surface area (Å²) in [4.78, 5) is 21.7. The number of nitrogens with zero attached hydrogens (tertiary/aromatic N) is 2. The van der Waals surface area contributed by atoms with Crippen LogP contribution in [0.15, 0.2) is 53.7 Å². The van der Waals surface area contributed by atoms with Crippen molar-refractivity contribution in [3.63, 3.8) is 0 Å². The number of rotatable bonds is 10. The molecule has 0 fully saturated rings. The molecule has 0 aliphatic rings. The zero-order valence-corrected chi connectivity index (χ0v) is 19.3. The molecule has 1 amide bonds. The first kappa shape index (κ1) is 22.7. The van der Waals surface area contributed by atoms with Gasteiger partial charge >= 0.3 is 0 Å². The molecule has 6 heteroatoms. The highest BCUT2D eigenvalue weighted by Gasteiger charge is 2.14. The molecule has 2 aromatic heterocycles. The average Bonchev–Trinajstić information content (AvgIpc) is 3.30. The van der Waals surface area contributed by atoms with Gasteiger partial charge in [0.25, 0.3) is 0 Å². The van der Waals surface area contributed by atoms with E-state index in [1.54, 1.807) is 11.3 Å². The quantitative estimate of drug-likeness (QED) is 0.410. The lowest BCUT2D eigenvalue weighted by Crippen LogP contribution is -2.28. The molecule has 0 saturated carbocycles. The van der Waals surface area contributed by atoms with Gasteiger partial charge in [-0.2, -0.15) is 11.3 Å². The summed E-state index contributed by atoms with van der Waals surface area (Å²) in [5, 5.41) is 10.5. The molecule has 3 aromatic rings. The molecule has 0 unspecified atom stereocenters. The molecule has 2 heterocycles. The van der Waals surface area contributed by atoms with Crippen LogP contribution in [-0.2, 0) is 24.1 Å². The third-order valence-electron chi connectivity index (χ3n) is 4.84. The van der Waals surface area contributed by atoms with Crippen LogP contribution in [-0.4, -0.2) is 22.4 Å². The summed E-state index contributed by atoms with van der Waals surface area (Å²) in [5.41, 5.74) is 5.02. The van der Waals surface area contributed by atoms with Crippen molar-refractivity contribution < 1.29 is 4.79 Å². The molecule has 2 N–H and O–H groups in total. The number of anilines is 2. The number of allylic oxidation sites excluding steroid dienone is 1. The summed E-state index contributed by atoms with van der Waals surface area (Å²) in [6.07, 6.45) is 3.78. The Kier molecular flexibility index (Phi) is 7.95. The van der Waals surface area contributed by atoms with Gasteiger partial charge in [-0.1, -0.05) is 39.0 Å². The predicted octanol–water partition coefficient (Wildman–Crippen LogP) is 5.55. The maximum atomic E-state index is 12.1. The van der Waals surface area contributed by atoms with Gasteiger partial charge in [-0.25, -0.2) is 9.97 Å². The zero-order valence-electron chi connectivity index (χ0n) is 18.4. The molecule has 1 aromatic carbocycles. The van der Waals surface area contributed by atoms with E-state index >= 15 is 0 Å². The van der Waals surface area contributed by atoms with Crippen molar-refractivity contribution in [3.8, 4) is 11.4 Å². The summed E-state index contributed by atoms with van der Waals surface area (Å²) < 4.78 is 0. The van der Waals surface area contributed by atoms with Gasteiger partial charge in [0.1, 0.15) is 5.82 Å². The minimum absolute atomic E-state index is 0.0477. The van der Waals surface area contributed by atoms with Crippen molar-refractivity contribution in [2.75, 3.05) is 11.9 Å². The van der Waals surface area contributed by atoms with Crippen molar-refractivity contribution in [2.24, 2.45) is 5.92 Å². The van der Waals surface area contributed by atoms with E-state index in [0.717, 1.165) is 46.1 Å². The number of benzene rings is 1. The summed E-state index contributed by atoms with van der Waals surface area (Å²) in [7, 11) is 0. The standard InChI is InChI=1S/C25H30N4OS/c1-5-7-21-22(6-2)28-24(19-12-13-31-16-19)29-25(21)27-20-10-8-18(9-11-20)14-23(30)26-15-17(3)4/h5,8-13,16-17H,1,6-7,14-15H2,2-4H3,(H,26,30)(H,27,28,29). The number of aromatic nitrogens is 2. The molecule has 0 saturated heterocycles. The first-order valence-corrected chi connectivity index (χ1v) is 11.6. The molecule has 0 bridgehead atoms. The maximum absolute atomic E-state index is 12.1. The predicted molar refractivity (Wildman–Crippen MR) is 130 cm³/mol. The van der Waals surface area contributed by atoms with Crippen LogP contribution in [0.25, 0.3) is 11.4 Å². The number of aryl methyl sites for hydroxylation is 1. The normalized spacial score (nSPS) is 10.8. The first-order chi connectivity index (χ1) is 15.0. The van der Waals surface area contributed by atoms with E-state index in [4.69, 9.17) is 9.97 Å². The lowest BCUT2D eigenvalue weighted by atomic mass is 10.1. The number of carbonyl (C=O) groups is 1. The van der Waals surface area contributed by atoms with E-state index in [1.807, 2.05) is 41.8 Å². The third-order valence-corrected chi connectivity index (χ3v) is 5.53. The van der Waals surface area contributed by atoms with E-state index in [2.05, 4.69) is 43.4 Å². The third kappa shape index (κ3) is 6.25. The van der Waals surface area contributed by atoms with Gasteiger partial charge in [-0.15, -0.1) is 6.58 Å². The topological polar surface area (TPSA) is 66.9 Å². The molecule has 31 heavy (non-hydrogen) atoms. The van der Waals surface area contributed by atoms with Crippen molar-refractivity contribution in [2.45, 2.75) is 40.0 Å². The highest BCUT2D eigenvalue weighted by atomic mass is 32.1. The Balaban J connectivity index is 1.81. The molecular weight excluding hydrogens is 404 g/mol. The van der Waals surface area contributed by atoms with Crippen molar-refractivity contribution in [3.05, 3.63) is 70.6 Å². The molecule has 0 radical (unpaired) electrons. The molecule has 5 nitrogen and oxygen atoms in total. The van der Waals surface area contributed by atoms with Crippen molar-refractivity contribution in [1.29, 1.82) is 0 Å². The zero-order chi connectivity index (χ0) is 22.2. The molecule has 3 rings (SSSR count). The first-order valence-electron chi connectivity index (χ1n) is 10.7. The highest BCUT2D eigenvalue weighted by molar-refractivity contribution is 7.08. The van der Waals surface area contributed by atoms with Gasteiger partial charge in [0.2, 0.25) is 5.91 Å². The van der Waals surface area contributed by atoms with Crippen LogP contribution in [0.3, 0.4) is 0 Å². The van der Waals surface area contributed by atoms with Crippen LogP contribution >= 0.6 is 11.3 Å². The monoisotopic (exact) mass is 434 g/mol. The van der Waals surface area contributed by atoms with Gasteiger partial charge in [0.15, 0.2) is 5.82 Å². The minimum Gasteiger partial charge on any atom is -0.356 e. The fraction of sp³-hybridized carbons (Fsp3) is 0.320. The number of hydrogen-bond acceptors (Lipinski definition) is 5. The van der Waals surface area contributed by atoms with E-state index < -0.39 is 0 Å². The number of nitrogens with one attached hydrogen (secondary N) is 2. The Hall–Kier alpha value is -2.99. The molecular formula is C25H30N4OS. The van der Waals surface area contributed by atoms with E-state index in [9.17, 15) is 4.79 Å². The van der Waals surface area contributed by atoms with Gasteiger partial charge in [-0.05, 0) is 47.9 Å². The molecule has 162 valence electrons. The SMILES string of the molecule is C=CCc1c(CC)nc(-c2ccsc2)nc1Nc1ccc(CC(=O)NCC(C)C)cc1. The van der Waals surface area contributed by atoms with Gasteiger partial charge in [0.05, 0.1) is 6.42 Å². The lowest BCUT2D eigenvalue weighted by molar-refractivity contribution is -0.120. The highest BCUT2D eigenvalue weighted by Crippen LogP contribution is 2.27. The average molecular weight is 435 g/mol. The van der Waals surface area contributed by atoms with Crippen LogP contribution in [0.4, 0.5) is 11.5 Å². The number of hydrogen-bond donors (Lipinski definition) is 2. The van der Waals surface area contributed by atoms with E-state index in [-0.39, 0.29) is 5.91 Å². The van der Waals surface area contributed by atoms with Crippen LogP contribution < -0.4 is 10.6 Å². The molecule has 0 spiro atoms. The number of thiophene rings is 1. The lowest BCUT2D eigenvalue weighted by Gasteiger charge is -2.15.